The molecular formula is C23H34N4O2S. The highest BCUT2D eigenvalue weighted by molar-refractivity contribution is 7.18. The van der Waals surface area contributed by atoms with Crippen LogP contribution in [0, 0.1) is 6.92 Å². The average molecular weight is 431 g/mol. The SMILES string of the molecule is CCc1c(C)sc2ncn([C@H]3CCCN(CC(=O)N4[C@H](C)CCC[C@@H]4C)C3)c(=O)c12. The quantitative estimate of drug-likeness (QED) is 0.741. The minimum atomic E-state index is 0.0806. The molecule has 2 aromatic heterocycles. The largest absolute Gasteiger partial charge is 0.336 e. The van der Waals surface area contributed by atoms with E-state index in [-0.39, 0.29) is 17.5 Å². The van der Waals surface area contributed by atoms with Gasteiger partial charge in [0, 0.05) is 23.5 Å². The van der Waals surface area contributed by atoms with E-state index >= 15 is 0 Å². The minimum Gasteiger partial charge on any atom is -0.336 e. The molecule has 0 aromatic carbocycles. The molecule has 30 heavy (non-hydrogen) atoms. The van der Waals surface area contributed by atoms with Crippen LogP contribution >= 0.6 is 11.3 Å². The van der Waals surface area contributed by atoms with Crippen molar-refractivity contribution in [1.29, 1.82) is 0 Å². The van der Waals surface area contributed by atoms with Gasteiger partial charge >= 0.3 is 0 Å². The number of carbonyl (C=O) groups excluding carboxylic acids is 1. The van der Waals surface area contributed by atoms with E-state index in [4.69, 9.17) is 0 Å². The molecule has 4 rings (SSSR count). The van der Waals surface area contributed by atoms with Gasteiger partial charge in [0.05, 0.1) is 24.3 Å². The predicted octanol–water partition coefficient (Wildman–Crippen LogP) is 3.76. The number of hydrogen-bond donors (Lipinski definition) is 0. The summed E-state index contributed by atoms with van der Waals surface area (Å²) in [5.41, 5.74) is 1.22. The lowest BCUT2D eigenvalue weighted by Crippen LogP contribution is -2.52. The van der Waals surface area contributed by atoms with Crippen molar-refractivity contribution < 1.29 is 4.79 Å². The van der Waals surface area contributed by atoms with Crippen LogP contribution in [0.25, 0.3) is 10.2 Å². The Morgan fingerprint density at radius 2 is 1.93 bits per heavy atom. The Kier molecular flexibility index (Phi) is 6.30. The Balaban J connectivity index is 1.52. The van der Waals surface area contributed by atoms with Crippen molar-refractivity contribution in [3.05, 3.63) is 27.1 Å². The predicted molar refractivity (Wildman–Crippen MR) is 122 cm³/mol. The molecule has 0 aliphatic carbocycles. The fourth-order valence-electron chi connectivity index (χ4n) is 5.44. The third-order valence-electron chi connectivity index (χ3n) is 7.01. The van der Waals surface area contributed by atoms with Crippen LogP contribution in [0.15, 0.2) is 11.1 Å². The molecule has 0 N–H and O–H groups in total. The fourth-order valence-corrected chi connectivity index (χ4v) is 6.52. The molecule has 2 aliphatic rings. The molecule has 2 saturated heterocycles. The summed E-state index contributed by atoms with van der Waals surface area (Å²) in [7, 11) is 0. The number of aryl methyl sites for hydroxylation is 2. The number of piperidine rings is 2. The summed E-state index contributed by atoms with van der Waals surface area (Å²) in [5, 5.41) is 0.798. The Labute approximate surface area is 182 Å². The maximum Gasteiger partial charge on any atom is 0.262 e. The zero-order chi connectivity index (χ0) is 21.4. The maximum absolute atomic E-state index is 13.3. The zero-order valence-corrected chi connectivity index (χ0v) is 19.5. The van der Waals surface area contributed by atoms with Gasteiger partial charge in [0.25, 0.3) is 5.56 Å². The van der Waals surface area contributed by atoms with Gasteiger partial charge in [-0.05, 0) is 71.4 Å². The summed E-state index contributed by atoms with van der Waals surface area (Å²) in [6.07, 6.45) is 7.93. The first-order chi connectivity index (χ1) is 14.4. The molecular weight excluding hydrogens is 396 g/mol. The lowest BCUT2D eigenvalue weighted by molar-refractivity contribution is -0.138. The van der Waals surface area contributed by atoms with E-state index in [1.807, 2.05) is 4.57 Å². The van der Waals surface area contributed by atoms with Crippen molar-refractivity contribution in [2.45, 2.75) is 84.3 Å². The lowest BCUT2D eigenvalue weighted by Gasteiger charge is -2.41. The van der Waals surface area contributed by atoms with Gasteiger partial charge in [0.1, 0.15) is 4.83 Å². The molecule has 1 amide bonds. The van der Waals surface area contributed by atoms with Crippen LogP contribution in [0.1, 0.15) is 69.4 Å². The van der Waals surface area contributed by atoms with Crippen molar-refractivity contribution in [1.82, 2.24) is 19.4 Å². The second-order valence-corrected chi connectivity index (χ2v) is 10.3. The van der Waals surface area contributed by atoms with E-state index in [9.17, 15) is 9.59 Å². The molecule has 6 nitrogen and oxygen atoms in total. The third kappa shape index (κ3) is 3.94. The van der Waals surface area contributed by atoms with Crippen molar-refractivity contribution in [2.75, 3.05) is 19.6 Å². The van der Waals surface area contributed by atoms with Gasteiger partial charge in [-0.3, -0.25) is 19.1 Å². The Morgan fingerprint density at radius 1 is 1.20 bits per heavy atom. The highest BCUT2D eigenvalue weighted by Gasteiger charge is 2.31. The Bertz CT molecular complexity index is 971. The van der Waals surface area contributed by atoms with E-state index in [1.54, 1.807) is 17.7 Å². The molecule has 0 unspecified atom stereocenters. The van der Waals surface area contributed by atoms with Crippen LogP contribution in [0.2, 0.25) is 0 Å². The number of thiophene rings is 1. The van der Waals surface area contributed by atoms with Gasteiger partial charge in [0.2, 0.25) is 5.91 Å². The van der Waals surface area contributed by atoms with E-state index in [1.165, 1.54) is 11.3 Å². The monoisotopic (exact) mass is 430 g/mol. The van der Waals surface area contributed by atoms with Crippen molar-refractivity contribution in [3.8, 4) is 0 Å². The van der Waals surface area contributed by atoms with Crippen LogP contribution < -0.4 is 5.56 Å². The highest BCUT2D eigenvalue weighted by Crippen LogP contribution is 2.29. The zero-order valence-electron chi connectivity index (χ0n) is 18.7. The molecule has 0 saturated carbocycles. The molecule has 0 bridgehead atoms. The molecule has 0 spiro atoms. The summed E-state index contributed by atoms with van der Waals surface area (Å²) < 4.78 is 1.83. The van der Waals surface area contributed by atoms with E-state index < -0.39 is 0 Å². The Hall–Kier alpha value is -1.73. The van der Waals surface area contributed by atoms with Gasteiger partial charge in [-0.2, -0.15) is 0 Å². The number of amides is 1. The van der Waals surface area contributed by atoms with Gasteiger partial charge in [-0.25, -0.2) is 4.98 Å². The summed E-state index contributed by atoms with van der Waals surface area (Å²) in [5.74, 6) is 0.234. The van der Waals surface area contributed by atoms with Crippen molar-refractivity contribution in [3.63, 3.8) is 0 Å². The third-order valence-corrected chi connectivity index (χ3v) is 8.06. The first-order valence-corrected chi connectivity index (χ1v) is 12.2. The molecule has 164 valence electrons. The fraction of sp³-hybridized carbons (Fsp3) is 0.696. The molecule has 2 aromatic rings. The van der Waals surface area contributed by atoms with Crippen LogP contribution in [-0.4, -0.2) is 57.0 Å². The summed E-state index contributed by atoms with van der Waals surface area (Å²) in [6.45, 7) is 10.6. The number of likely N-dealkylation sites (tertiary alicyclic amines) is 2. The number of fused-ring (bicyclic) bond motifs is 1. The van der Waals surface area contributed by atoms with Crippen LogP contribution in [0.5, 0.6) is 0 Å². The first kappa shape index (κ1) is 21.5. The molecule has 2 fully saturated rings. The maximum atomic E-state index is 13.3. The molecule has 0 radical (unpaired) electrons. The van der Waals surface area contributed by atoms with E-state index in [0.717, 1.165) is 61.0 Å². The van der Waals surface area contributed by atoms with Gasteiger partial charge < -0.3 is 4.90 Å². The van der Waals surface area contributed by atoms with Crippen molar-refractivity contribution in [2.24, 2.45) is 0 Å². The van der Waals surface area contributed by atoms with Crippen molar-refractivity contribution >= 4 is 27.5 Å². The summed E-state index contributed by atoms with van der Waals surface area (Å²) in [6, 6.07) is 0.729. The van der Waals surface area contributed by atoms with Crippen LogP contribution in [0.4, 0.5) is 0 Å². The number of hydrogen-bond acceptors (Lipinski definition) is 5. The lowest BCUT2D eigenvalue weighted by atomic mass is 9.97. The smallest absolute Gasteiger partial charge is 0.262 e. The number of aromatic nitrogens is 2. The number of carbonyl (C=O) groups is 1. The standard InChI is InChI=1S/C23H34N4O2S/c1-5-19-17(4)30-22-21(19)23(29)26(14-24-22)18-10-7-11-25(12-18)13-20(28)27-15(2)8-6-9-16(27)3/h14-16,18H,5-13H2,1-4H3/t15-,16+,18-/m0/s1. The van der Waals surface area contributed by atoms with Crippen LogP contribution in [-0.2, 0) is 11.2 Å². The minimum absolute atomic E-state index is 0.0806. The molecule has 4 heterocycles. The Morgan fingerprint density at radius 3 is 2.63 bits per heavy atom. The average Bonchev–Trinajstić information content (AvgIpc) is 3.04. The molecule has 3 atom stereocenters. The topological polar surface area (TPSA) is 58.4 Å². The summed E-state index contributed by atoms with van der Waals surface area (Å²) in [4.78, 5) is 37.4. The number of nitrogens with zero attached hydrogens (tertiary/aromatic N) is 4. The first-order valence-electron chi connectivity index (χ1n) is 11.4. The summed E-state index contributed by atoms with van der Waals surface area (Å²) >= 11 is 1.61. The second-order valence-electron chi connectivity index (χ2n) is 9.09. The highest BCUT2D eigenvalue weighted by atomic mass is 32.1. The second kappa shape index (κ2) is 8.79. The van der Waals surface area contributed by atoms with E-state index in [2.05, 4.69) is 42.5 Å². The van der Waals surface area contributed by atoms with Gasteiger partial charge in [0.15, 0.2) is 0 Å². The van der Waals surface area contributed by atoms with E-state index in [0.29, 0.717) is 18.6 Å². The normalized spacial score (nSPS) is 25.7. The molecule has 7 heteroatoms. The molecule has 2 aliphatic heterocycles. The van der Waals surface area contributed by atoms with Gasteiger partial charge in [-0.15, -0.1) is 11.3 Å². The van der Waals surface area contributed by atoms with Crippen LogP contribution in [0.3, 0.4) is 0 Å². The number of rotatable bonds is 4. The van der Waals surface area contributed by atoms with Gasteiger partial charge in [-0.1, -0.05) is 6.92 Å².